The van der Waals surface area contributed by atoms with E-state index in [-0.39, 0.29) is 0 Å². The summed E-state index contributed by atoms with van der Waals surface area (Å²) in [5.74, 6) is -1.36. The van der Waals surface area contributed by atoms with Crippen molar-refractivity contribution in [3.63, 3.8) is 0 Å². The number of ether oxygens (including phenoxy) is 1. The van der Waals surface area contributed by atoms with Gasteiger partial charge in [-0.1, -0.05) is 36.8 Å². The van der Waals surface area contributed by atoms with Gasteiger partial charge >= 0.3 is 12.0 Å². The normalized spacial score (nSPS) is 22.1. The van der Waals surface area contributed by atoms with Crippen LogP contribution in [0, 0.1) is 6.92 Å². The summed E-state index contributed by atoms with van der Waals surface area (Å²) in [6.07, 6.45) is 2.34. The molecule has 2 aromatic rings. The van der Waals surface area contributed by atoms with Crippen LogP contribution in [0.15, 0.2) is 52.2 Å². The lowest BCUT2D eigenvalue weighted by molar-refractivity contribution is -0.154. The summed E-state index contributed by atoms with van der Waals surface area (Å²) in [7, 11) is 0. The first kappa shape index (κ1) is 23.2. The first-order valence-electron chi connectivity index (χ1n) is 11.0. The fourth-order valence-corrected chi connectivity index (χ4v) is 3.88. The Bertz CT molecular complexity index is 1140. The van der Waals surface area contributed by atoms with E-state index in [1.807, 2.05) is 31.2 Å². The van der Waals surface area contributed by atoms with Crippen molar-refractivity contribution < 1.29 is 28.3 Å². The smallest absolute Gasteiger partial charge is 0.326 e. The highest BCUT2D eigenvalue weighted by Crippen LogP contribution is 2.33. The molecule has 1 fully saturated rings. The van der Waals surface area contributed by atoms with Gasteiger partial charge in [0.1, 0.15) is 23.9 Å². The maximum atomic E-state index is 12.9. The van der Waals surface area contributed by atoms with Crippen molar-refractivity contribution in [1.82, 2.24) is 15.2 Å². The largest absolute Gasteiger partial charge is 0.467 e. The lowest BCUT2D eigenvalue weighted by Crippen LogP contribution is -2.43. The summed E-state index contributed by atoms with van der Waals surface area (Å²) in [6, 6.07) is 10.1. The van der Waals surface area contributed by atoms with Crippen LogP contribution in [-0.2, 0) is 19.1 Å². The van der Waals surface area contributed by atoms with Gasteiger partial charge in [-0.05, 0) is 38.0 Å². The van der Waals surface area contributed by atoms with Crippen LogP contribution in [-0.4, -0.2) is 58.1 Å². The van der Waals surface area contributed by atoms with Gasteiger partial charge in [-0.15, -0.1) is 0 Å². The molecule has 10 heteroatoms. The molecular weight excluding hydrogens is 440 g/mol. The van der Waals surface area contributed by atoms with Gasteiger partial charge in [0.05, 0.1) is 12.0 Å². The van der Waals surface area contributed by atoms with Gasteiger partial charge in [0.15, 0.2) is 6.61 Å². The van der Waals surface area contributed by atoms with Crippen LogP contribution in [0.4, 0.5) is 4.79 Å². The van der Waals surface area contributed by atoms with E-state index in [4.69, 9.17) is 9.15 Å². The number of esters is 1. The number of hydrogen-bond acceptors (Lipinski definition) is 7. The predicted molar refractivity (Wildman–Crippen MR) is 121 cm³/mol. The molecule has 0 saturated carbocycles. The maximum Gasteiger partial charge on any atom is 0.326 e. The van der Waals surface area contributed by atoms with E-state index in [2.05, 4.69) is 10.4 Å². The molecule has 0 radical (unpaired) electrons. The van der Waals surface area contributed by atoms with Crippen LogP contribution >= 0.6 is 0 Å². The molecule has 0 aliphatic carbocycles. The fourth-order valence-electron chi connectivity index (χ4n) is 3.88. The molecule has 0 unspecified atom stereocenters. The number of urea groups is 1. The number of carbonyl (C=O) groups excluding carboxylic acids is 4. The van der Waals surface area contributed by atoms with E-state index in [1.54, 1.807) is 26.0 Å². The number of aryl methyl sites for hydroxylation is 1. The summed E-state index contributed by atoms with van der Waals surface area (Å²) in [4.78, 5) is 50.6. The van der Waals surface area contributed by atoms with E-state index >= 15 is 0 Å². The molecule has 4 rings (SSSR count). The molecule has 2 atom stereocenters. The van der Waals surface area contributed by atoms with Crippen molar-refractivity contribution in [3.05, 3.63) is 59.5 Å². The second-order valence-electron chi connectivity index (χ2n) is 8.55. The van der Waals surface area contributed by atoms with Crippen molar-refractivity contribution in [1.29, 1.82) is 0 Å². The minimum Gasteiger partial charge on any atom is -0.467 e. The molecular formula is C24H26N4O6. The zero-order valence-electron chi connectivity index (χ0n) is 19.2. The average molecular weight is 466 g/mol. The Balaban J connectivity index is 1.43. The number of nitrogens with zero attached hydrogens (tertiary/aromatic N) is 3. The molecule has 1 N–H and O–H groups in total. The van der Waals surface area contributed by atoms with Crippen LogP contribution in [0.3, 0.4) is 0 Å². The maximum absolute atomic E-state index is 12.9. The number of furan rings is 1. The number of hydrogen-bond donors (Lipinski definition) is 1. The van der Waals surface area contributed by atoms with Gasteiger partial charge in [0.25, 0.3) is 11.8 Å². The minimum absolute atomic E-state index is 0.381. The molecule has 34 heavy (non-hydrogen) atoms. The number of rotatable bonds is 7. The van der Waals surface area contributed by atoms with Crippen LogP contribution in [0.5, 0.6) is 0 Å². The lowest BCUT2D eigenvalue weighted by atomic mass is 9.99. The Kier molecular flexibility index (Phi) is 6.23. The summed E-state index contributed by atoms with van der Waals surface area (Å²) >= 11 is 0. The van der Waals surface area contributed by atoms with Gasteiger partial charge in [0.2, 0.25) is 0 Å². The highest BCUT2D eigenvalue weighted by Gasteiger charge is 2.47. The molecule has 1 aromatic carbocycles. The Labute approximate surface area is 196 Å². The minimum atomic E-state index is -1.06. The fraction of sp³-hybridized carbons (Fsp3) is 0.375. The highest BCUT2D eigenvalue weighted by atomic mass is 16.5. The van der Waals surface area contributed by atoms with Crippen LogP contribution in [0.25, 0.3) is 0 Å². The Hall–Kier alpha value is -3.95. The molecule has 1 saturated heterocycles. The first-order valence-corrected chi connectivity index (χ1v) is 11.0. The zero-order valence-corrected chi connectivity index (χ0v) is 19.2. The van der Waals surface area contributed by atoms with Crippen molar-refractivity contribution in [2.45, 2.75) is 45.2 Å². The Morgan fingerprint density at radius 3 is 2.59 bits per heavy atom. The molecule has 3 heterocycles. The standard InChI is InChI=1S/C24H26N4O6/c1-4-24(3)22(31)27(23(32)25-24)13-21(30)34-14-20(29)28-18(19-6-5-11-33-19)12-17(26-28)16-9-7-15(2)8-10-16/h5-11,18H,4,12-14H2,1-3H3,(H,25,32)/t18-,24-/m0/s1. The monoisotopic (exact) mass is 466 g/mol. The molecule has 2 aliphatic rings. The van der Waals surface area contributed by atoms with E-state index in [0.29, 0.717) is 24.3 Å². The zero-order chi connectivity index (χ0) is 24.5. The second-order valence-corrected chi connectivity index (χ2v) is 8.55. The first-order chi connectivity index (χ1) is 16.2. The predicted octanol–water partition coefficient (Wildman–Crippen LogP) is 2.53. The summed E-state index contributed by atoms with van der Waals surface area (Å²) in [5, 5.41) is 8.30. The van der Waals surface area contributed by atoms with Gasteiger partial charge in [0, 0.05) is 6.42 Å². The molecule has 10 nitrogen and oxygen atoms in total. The van der Waals surface area contributed by atoms with Crippen LogP contribution < -0.4 is 5.32 Å². The van der Waals surface area contributed by atoms with Gasteiger partial charge < -0.3 is 14.5 Å². The van der Waals surface area contributed by atoms with Crippen molar-refractivity contribution in [2.75, 3.05) is 13.2 Å². The average Bonchev–Trinajstić information content (AvgIpc) is 3.54. The topological polar surface area (TPSA) is 122 Å². The number of amides is 4. The molecule has 2 aliphatic heterocycles. The van der Waals surface area contributed by atoms with Crippen LogP contribution in [0.2, 0.25) is 0 Å². The van der Waals surface area contributed by atoms with Gasteiger partial charge in [-0.25, -0.2) is 9.80 Å². The molecule has 0 bridgehead atoms. The summed E-state index contributed by atoms with van der Waals surface area (Å²) in [6.45, 7) is 4.17. The van der Waals surface area contributed by atoms with Crippen molar-refractivity contribution in [2.24, 2.45) is 5.10 Å². The lowest BCUT2D eigenvalue weighted by Gasteiger charge is -2.20. The highest BCUT2D eigenvalue weighted by molar-refractivity contribution is 6.08. The van der Waals surface area contributed by atoms with E-state index in [0.717, 1.165) is 16.0 Å². The second kappa shape index (κ2) is 9.12. The third-order valence-electron chi connectivity index (χ3n) is 6.12. The van der Waals surface area contributed by atoms with Gasteiger partial charge in [-0.3, -0.25) is 19.3 Å². The summed E-state index contributed by atoms with van der Waals surface area (Å²) < 4.78 is 10.6. The number of imide groups is 1. The molecule has 178 valence electrons. The third kappa shape index (κ3) is 4.43. The van der Waals surface area contributed by atoms with E-state index in [1.165, 1.54) is 11.3 Å². The van der Waals surface area contributed by atoms with Crippen molar-refractivity contribution >= 4 is 29.5 Å². The van der Waals surface area contributed by atoms with E-state index in [9.17, 15) is 19.2 Å². The molecule has 1 aromatic heterocycles. The number of hydrazone groups is 1. The molecule has 0 spiro atoms. The number of carbonyl (C=O) groups is 4. The van der Waals surface area contributed by atoms with Crippen molar-refractivity contribution in [3.8, 4) is 0 Å². The number of benzene rings is 1. The van der Waals surface area contributed by atoms with Gasteiger partial charge in [-0.2, -0.15) is 5.10 Å². The van der Waals surface area contributed by atoms with Crippen LogP contribution in [0.1, 0.15) is 49.6 Å². The summed E-state index contributed by atoms with van der Waals surface area (Å²) in [5.41, 5.74) is 1.64. The Morgan fingerprint density at radius 1 is 1.24 bits per heavy atom. The Morgan fingerprint density at radius 2 is 1.97 bits per heavy atom. The SMILES string of the molecule is CC[C@]1(C)NC(=O)N(CC(=O)OCC(=O)N2N=C(c3ccc(C)cc3)C[C@H]2c2ccco2)C1=O. The third-order valence-corrected chi connectivity index (χ3v) is 6.12. The number of nitrogens with one attached hydrogen (secondary N) is 1. The molecule has 4 amide bonds. The quantitative estimate of drug-likeness (QED) is 0.494. The van der Waals surface area contributed by atoms with E-state index < -0.39 is 48.5 Å².